The lowest BCUT2D eigenvalue weighted by Gasteiger charge is -2.29. The molecular formula is C23H29N3O4. The van der Waals surface area contributed by atoms with E-state index in [0.29, 0.717) is 42.3 Å². The van der Waals surface area contributed by atoms with Crippen molar-refractivity contribution in [1.29, 1.82) is 0 Å². The van der Waals surface area contributed by atoms with Gasteiger partial charge in [0.25, 0.3) is 5.91 Å². The van der Waals surface area contributed by atoms with Crippen molar-refractivity contribution >= 4 is 17.6 Å². The van der Waals surface area contributed by atoms with E-state index >= 15 is 0 Å². The third kappa shape index (κ3) is 4.84. The van der Waals surface area contributed by atoms with Gasteiger partial charge in [-0.05, 0) is 42.7 Å². The summed E-state index contributed by atoms with van der Waals surface area (Å²) in [6.45, 7) is 3.32. The highest BCUT2D eigenvalue weighted by Crippen LogP contribution is 2.36. The minimum Gasteiger partial charge on any atom is -0.493 e. The lowest BCUT2D eigenvalue weighted by molar-refractivity contribution is 0.0784. The molecule has 0 saturated heterocycles. The number of hydrogen-bond acceptors (Lipinski definition) is 5. The number of amides is 3. The average Bonchev–Trinajstić information content (AvgIpc) is 2.76. The number of carbonyl (C=O) groups excluding carboxylic acids is 2. The number of unbranched alkanes of at least 4 members (excludes halogenated alkanes) is 2. The fourth-order valence-electron chi connectivity index (χ4n) is 3.47. The Balaban J connectivity index is 1.71. The molecule has 7 nitrogen and oxygen atoms in total. The summed E-state index contributed by atoms with van der Waals surface area (Å²) < 4.78 is 11.4. The number of nitrogens with one attached hydrogen (secondary N) is 1. The summed E-state index contributed by atoms with van der Waals surface area (Å²) in [5.74, 6) is 0.896. The quantitative estimate of drug-likeness (QED) is 0.510. The zero-order chi connectivity index (χ0) is 21.5. The number of carbonyl (C=O) groups is 2. The second-order valence-electron chi connectivity index (χ2n) is 7.29. The number of nitrogens with two attached hydrogens (primary N) is 1. The van der Waals surface area contributed by atoms with Gasteiger partial charge in [-0.3, -0.25) is 9.69 Å². The van der Waals surface area contributed by atoms with Crippen LogP contribution >= 0.6 is 0 Å². The Hall–Kier alpha value is -3.22. The molecule has 2 aromatic rings. The fraction of sp³-hybridized carbons (Fsp3) is 0.391. The monoisotopic (exact) mass is 411 g/mol. The maximum Gasteiger partial charge on any atom is 0.324 e. The van der Waals surface area contributed by atoms with Crippen LogP contribution in [0.4, 0.5) is 10.5 Å². The highest BCUT2D eigenvalue weighted by molar-refractivity contribution is 6.06. The van der Waals surface area contributed by atoms with Crippen LogP contribution in [0.25, 0.3) is 0 Å². The number of fused-ring (bicyclic) bond motifs is 1. The van der Waals surface area contributed by atoms with Gasteiger partial charge in [-0.15, -0.1) is 0 Å². The zero-order valence-corrected chi connectivity index (χ0v) is 17.6. The summed E-state index contributed by atoms with van der Waals surface area (Å²) in [6.07, 6.45) is 3.65. The van der Waals surface area contributed by atoms with Crippen LogP contribution in [0.2, 0.25) is 0 Å². The number of methoxy groups -OCH3 is 1. The molecule has 3 rings (SSSR count). The SMILES string of the molecule is CCCCCOc1c(OC)ccc2c1CCN(C(=O)NCc1ccc(N)cc1)C2=O. The standard InChI is InChI=1S/C23H29N3O4/c1-3-4-5-14-30-21-18-12-13-26(22(27)19(18)10-11-20(21)29-2)23(28)25-15-16-6-8-17(24)9-7-16/h6-11H,3-5,12-15,24H2,1-2H3,(H,25,28). The van der Waals surface area contributed by atoms with Crippen molar-refractivity contribution < 1.29 is 19.1 Å². The first kappa shape index (κ1) is 21.5. The molecule has 1 aliphatic rings. The molecule has 7 heteroatoms. The Kier molecular flexibility index (Phi) is 7.17. The van der Waals surface area contributed by atoms with E-state index in [0.717, 1.165) is 30.4 Å². The number of rotatable bonds is 8. The van der Waals surface area contributed by atoms with Gasteiger partial charge in [-0.1, -0.05) is 31.9 Å². The van der Waals surface area contributed by atoms with Crippen molar-refractivity contribution in [3.8, 4) is 11.5 Å². The molecule has 0 radical (unpaired) electrons. The first-order valence-electron chi connectivity index (χ1n) is 10.3. The van der Waals surface area contributed by atoms with E-state index in [2.05, 4.69) is 12.2 Å². The van der Waals surface area contributed by atoms with E-state index < -0.39 is 6.03 Å². The lowest BCUT2D eigenvalue weighted by atomic mass is 9.97. The second-order valence-corrected chi connectivity index (χ2v) is 7.29. The number of hydrogen-bond donors (Lipinski definition) is 2. The molecule has 160 valence electrons. The normalized spacial score (nSPS) is 13.0. The number of ether oxygens (including phenoxy) is 2. The van der Waals surface area contributed by atoms with E-state index in [1.54, 1.807) is 31.4 Å². The van der Waals surface area contributed by atoms with Crippen LogP contribution in [0.3, 0.4) is 0 Å². The van der Waals surface area contributed by atoms with Crippen molar-refractivity contribution in [3.63, 3.8) is 0 Å². The Morgan fingerprint density at radius 1 is 1.17 bits per heavy atom. The van der Waals surface area contributed by atoms with Crippen LogP contribution in [-0.2, 0) is 13.0 Å². The number of nitrogens with zero attached hydrogens (tertiary/aromatic N) is 1. The van der Waals surface area contributed by atoms with Gasteiger partial charge in [0, 0.05) is 29.9 Å². The molecular weight excluding hydrogens is 382 g/mol. The first-order chi connectivity index (χ1) is 14.5. The van der Waals surface area contributed by atoms with Gasteiger partial charge in [0.1, 0.15) is 0 Å². The molecule has 0 spiro atoms. The van der Waals surface area contributed by atoms with Crippen LogP contribution in [0.1, 0.15) is 47.7 Å². The van der Waals surface area contributed by atoms with Crippen molar-refractivity contribution in [2.45, 2.75) is 39.2 Å². The van der Waals surface area contributed by atoms with Gasteiger partial charge >= 0.3 is 6.03 Å². The maximum absolute atomic E-state index is 13.0. The Bertz CT molecular complexity index is 896. The van der Waals surface area contributed by atoms with Crippen LogP contribution < -0.4 is 20.5 Å². The van der Waals surface area contributed by atoms with Crippen LogP contribution in [0.5, 0.6) is 11.5 Å². The Morgan fingerprint density at radius 3 is 2.63 bits per heavy atom. The molecule has 0 fully saturated rings. The van der Waals surface area contributed by atoms with E-state index in [4.69, 9.17) is 15.2 Å². The minimum absolute atomic E-state index is 0.290. The molecule has 3 N–H and O–H groups in total. The van der Waals surface area contributed by atoms with Gasteiger partial charge in [0.05, 0.1) is 13.7 Å². The second kappa shape index (κ2) is 10.0. The van der Waals surface area contributed by atoms with E-state index in [1.807, 2.05) is 12.1 Å². The van der Waals surface area contributed by atoms with E-state index in [-0.39, 0.29) is 12.5 Å². The Morgan fingerprint density at radius 2 is 1.93 bits per heavy atom. The number of anilines is 1. The molecule has 0 bridgehead atoms. The lowest BCUT2D eigenvalue weighted by Crippen LogP contribution is -2.47. The maximum atomic E-state index is 13.0. The molecule has 0 atom stereocenters. The predicted octanol–water partition coefficient (Wildman–Crippen LogP) is 3.75. The van der Waals surface area contributed by atoms with Gasteiger partial charge < -0.3 is 20.5 Å². The summed E-state index contributed by atoms with van der Waals surface area (Å²) >= 11 is 0. The van der Waals surface area contributed by atoms with E-state index in [9.17, 15) is 9.59 Å². The van der Waals surface area contributed by atoms with Gasteiger partial charge in [-0.25, -0.2) is 4.79 Å². The molecule has 0 aromatic heterocycles. The fourth-order valence-corrected chi connectivity index (χ4v) is 3.47. The first-order valence-corrected chi connectivity index (χ1v) is 10.3. The topological polar surface area (TPSA) is 93.9 Å². The average molecular weight is 412 g/mol. The third-order valence-corrected chi connectivity index (χ3v) is 5.17. The van der Waals surface area contributed by atoms with Gasteiger partial charge in [0.15, 0.2) is 11.5 Å². The summed E-state index contributed by atoms with van der Waals surface area (Å²) in [5.41, 5.74) is 8.54. The molecule has 0 saturated carbocycles. The molecule has 0 aliphatic carbocycles. The third-order valence-electron chi connectivity index (χ3n) is 5.17. The predicted molar refractivity (Wildman–Crippen MR) is 116 cm³/mol. The molecule has 1 heterocycles. The number of nitrogen functional groups attached to an aromatic ring is 1. The number of imide groups is 1. The molecule has 30 heavy (non-hydrogen) atoms. The van der Waals surface area contributed by atoms with Gasteiger partial charge in [0.2, 0.25) is 0 Å². The Labute approximate surface area is 177 Å². The molecule has 3 amide bonds. The highest BCUT2D eigenvalue weighted by atomic mass is 16.5. The summed E-state index contributed by atoms with van der Waals surface area (Å²) in [7, 11) is 1.59. The van der Waals surface area contributed by atoms with Crippen molar-refractivity contribution in [3.05, 3.63) is 53.1 Å². The van der Waals surface area contributed by atoms with E-state index in [1.165, 1.54) is 4.90 Å². The highest BCUT2D eigenvalue weighted by Gasteiger charge is 2.32. The van der Waals surface area contributed by atoms with Crippen LogP contribution in [-0.4, -0.2) is 37.1 Å². The number of benzene rings is 2. The largest absolute Gasteiger partial charge is 0.493 e. The summed E-state index contributed by atoms with van der Waals surface area (Å²) in [4.78, 5) is 26.9. The summed E-state index contributed by atoms with van der Waals surface area (Å²) in [5, 5.41) is 2.80. The number of urea groups is 1. The zero-order valence-electron chi connectivity index (χ0n) is 17.6. The van der Waals surface area contributed by atoms with Crippen LogP contribution in [0, 0.1) is 0 Å². The van der Waals surface area contributed by atoms with Crippen molar-refractivity contribution in [2.75, 3.05) is 26.0 Å². The smallest absolute Gasteiger partial charge is 0.324 e. The van der Waals surface area contributed by atoms with Gasteiger partial charge in [-0.2, -0.15) is 0 Å². The minimum atomic E-state index is -0.413. The molecule has 1 aliphatic heterocycles. The van der Waals surface area contributed by atoms with Crippen molar-refractivity contribution in [1.82, 2.24) is 10.2 Å². The molecule has 2 aromatic carbocycles. The summed E-state index contributed by atoms with van der Waals surface area (Å²) in [6, 6.07) is 10.3. The van der Waals surface area contributed by atoms with Crippen LogP contribution in [0.15, 0.2) is 36.4 Å². The molecule has 0 unspecified atom stereocenters. The van der Waals surface area contributed by atoms with Crippen molar-refractivity contribution in [2.24, 2.45) is 0 Å².